The van der Waals surface area contributed by atoms with Crippen LogP contribution in [0.15, 0.2) is 16.6 Å². The highest BCUT2D eigenvalue weighted by molar-refractivity contribution is 7.99. The molecule has 2 aromatic rings. The molecule has 0 amide bonds. The molecule has 0 aliphatic heterocycles. The second-order valence-corrected chi connectivity index (χ2v) is 5.53. The van der Waals surface area contributed by atoms with Gasteiger partial charge < -0.3 is 15.2 Å². The predicted molar refractivity (Wildman–Crippen MR) is 66.7 cm³/mol. The summed E-state index contributed by atoms with van der Waals surface area (Å²) in [7, 11) is 0. The van der Waals surface area contributed by atoms with E-state index in [2.05, 4.69) is 4.98 Å². The Bertz CT molecular complexity index is 537. The number of aromatic nitrogens is 2. The number of hydrogen-bond acceptors (Lipinski definition) is 6. The van der Waals surface area contributed by atoms with Gasteiger partial charge in [-0.3, -0.25) is 0 Å². The van der Waals surface area contributed by atoms with Gasteiger partial charge in [0, 0.05) is 17.7 Å². The first-order valence-corrected chi connectivity index (χ1v) is 6.83. The lowest BCUT2D eigenvalue weighted by Gasteiger charge is -2.04. The molecule has 0 bridgehead atoms. The first-order chi connectivity index (χ1) is 8.13. The highest BCUT2D eigenvalue weighted by atomic mass is 32.2. The lowest BCUT2D eigenvalue weighted by Crippen LogP contribution is -2.03. The van der Waals surface area contributed by atoms with Crippen LogP contribution in [0.4, 0.5) is 5.82 Å². The van der Waals surface area contributed by atoms with Crippen molar-refractivity contribution in [1.29, 1.82) is 0 Å². The normalized spacial score (nSPS) is 13.1. The summed E-state index contributed by atoms with van der Waals surface area (Å²) in [5.74, 6) is 0.720. The van der Waals surface area contributed by atoms with Gasteiger partial charge in [0.05, 0.1) is 0 Å². The van der Waals surface area contributed by atoms with E-state index in [-0.39, 0.29) is 18.3 Å². The topological polar surface area (TPSA) is 80.7 Å². The Labute approximate surface area is 105 Å². The van der Waals surface area contributed by atoms with Crippen LogP contribution in [0.1, 0.15) is 6.92 Å². The SMILES string of the molecule is CC(CO)CSc1nc2sccn2c1[N+](=O)[O-]. The molecular formula is C9H11N3O3S2. The number of aliphatic hydroxyl groups excluding tert-OH is 1. The van der Waals surface area contributed by atoms with E-state index in [0.29, 0.717) is 15.7 Å². The fraction of sp³-hybridized carbons (Fsp3) is 0.444. The molecule has 2 heterocycles. The fourth-order valence-electron chi connectivity index (χ4n) is 1.29. The molecule has 0 saturated carbocycles. The number of nitrogens with zero attached hydrogens (tertiary/aromatic N) is 3. The van der Waals surface area contributed by atoms with Crippen LogP contribution in [0.25, 0.3) is 4.96 Å². The van der Waals surface area contributed by atoms with E-state index < -0.39 is 4.92 Å². The summed E-state index contributed by atoms with van der Waals surface area (Å²) < 4.78 is 1.48. The van der Waals surface area contributed by atoms with Crippen molar-refractivity contribution in [1.82, 2.24) is 9.38 Å². The van der Waals surface area contributed by atoms with Crippen molar-refractivity contribution in [2.24, 2.45) is 5.92 Å². The minimum Gasteiger partial charge on any atom is -0.396 e. The molecule has 6 nitrogen and oxygen atoms in total. The standard InChI is InChI=1S/C9H11N3O3S2/c1-6(4-13)5-17-7-8(12(14)15)11-2-3-16-9(11)10-7/h2-3,6,13H,4-5H2,1H3. The molecule has 1 unspecified atom stereocenters. The summed E-state index contributed by atoms with van der Waals surface area (Å²) in [6, 6.07) is 0. The van der Waals surface area contributed by atoms with Crippen molar-refractivity contribution in [3.05, 3.63) is 21.7 Å². The van der Waals surface area contributed by atoms with E-state index >= 15 is 0 Å². The van der Waals surface area contributed by atoms with Gasteiger partial charge in [-0.05, 0) is 10.8 Å². The molecule has 17 heavy (non-hydrogen) atoms. The highest BCUT2D eigenvalue weighted by Crippen LogP contribution is 2.32. The molecule has 0 aliphatic carbocycles. The number of imidazole rings is 1. The van der Waals surface area contributed by atoms with Gasteiger partial charge in [-0.15, -0.1) is 0 Å². The molecule has 0 fully saturated rings. The Balaban J connectivity index is 2.29. The number of rotatable bonds is 5. The molecule has 8 heteroatoms. The summed E-state index contributed by atoms with van der Waals surface area (Å²) in [4.78, 5) is 15.4. The van der Waals surface area contributed by atoms with Crippen LogP contribution in [0.3, 0.4) is 0 Å². The molecule has 0 radical (unpaired) electrons. The number of thiazole rings is 1. The maximum atomic E-state index is 11.0. The Morgan fingerprint density at radius 2 is 2.53 bits per heavy atom. The van der Waals surface area contributed by atoms with E-state index in [0.717, 1.165) is 0 Å². The van der Waals surface area contributed by atoms with Crippen molar-refractivity contribution in [2.45, 2.75) is 11.9 Å². The van der Waals surface area contributed by atoms with Crippen molar-refractivity contribution >= 4 is 33.9 Å². The highest BCUT2D eigenvalue weighted by Gasteiger charge is 2.24. The smallest absolute Gasteiger partial charge is 0.362 e. The lowest BCUT2D eigenvalue weighted by molar-refractivity contribution is -0.393. The van der Waals surface area contributed by atoms with Gasteiger partial charge in [-0.2, -0.15) is 9.38 Å². The molecule has 0 aliphatic rings. The lowest BCUT2D eigenvalue weighted by atomic mass is 10.2. The van der Waals surface area contributed by atoms with Crippen molar-refractivity contribution in [2.75, 3.05) is 12.4 Å². The van der Waals surface area contributed by atoms with Gasteiger partial charge in [-0.1, -0.05) is 30.0 Å². The summed E-state index contributed by atoms with van der Waals surface area (Å²) in [6.07, 6.45) is 1.64. The van der Waals surface area contributed by atoms with E-state index in [9.17, 15) is 10.1 Å². The van der Waals surface area contributed by atoms with Crippen LogP contribution in [0.5, 0.6) is 0 Å². The number of aliphatic hydroxyl groups is 1. The van der Waals surface area contributed by atoms with Crippen LogP contribution in [-0.2, 0) is 0 Å². The maximum absolute atomic E-state index is 11.0. The van der Waals surface area contributed by atoms with E-state index in [1.54, 1.807) is 11.6 Å². The Kier molecular flexibility index (Phi) is 3.65. The second kappa shape index (κ2) is 5.03. The predicted octanol–water partition coefficient (Wildman–Crippen LogP) is 2.02. The zero-order chi connectivity index (χ0) is 12.4. The molecule has 92 valence electrons. The Morgan fingerprint density at radius 1 is 1.76 bits per heavy atom. The van der Waals surface area contributed by atoms with Gasteiger partial charge in [0.25, 0.3) is 4.96 Å². The minimum atomic E-state index is -0.418. The fourth-order valence-corrected chi connectivity index (χ4v) is 3.06. The first-order valence-electron chi connectivity index (χ1n) is 4.97. The quantitative estimate of drug-likeness (QED) is 0.512. The molecule has 0 spiro atoms. The molecule has 0 saturated heterocycles. The third kappa shape index (κ3) is 2.43. The number of nitro groups is 1. The van der Waals surface area contributed by atoms with Gasteiger partial charge in [0.15, 0.2) is 5.03 Å². The van der Waals surface area contributed by atoms with Gasteiger partial charge >= 0.3 is 5.82 Å². The third-order valence-corrected chi connectivity index (χ3v) is 4.23. The molecule has 1 atom stereocenters. The Hall–Kier alpha value is -1.12. The van der Waals surface area contributed by atoms with E-state index in [4.69, 9.17) is 5.11 Å². The minimum absolute atomic E-state index is 0.0105. The molecule has 0 aromatic carbocycles. The number of thioether (sulfide) groups is 1. The number of hydrogen-bond donors (Lipinski definition) is 1. The average Bonchev–Trinajstić information content (AvgIpc) is 2.84. The third-order valence-electron chi connectivity index (χ3n) is 2.20. The van der Waals surface area contributed by atoms with Crippen LogP contribution >= 0.6 is 23.1 Å². The van der Waals surface area contributed by atoms with Crippen LogP contribution in [0, 0.1) is 16.0 Å². The first kappa shape index (κ1) is 12.3. The molecule has 2 rings (SSSR count). The summed E-state index contributed by atoms with van der Waals surface area (Å²) in [5.41, 5.74) is 0. The zero-order valence-corrected chi connectivity index (χ0v) is 10.7. The average molecular weight is 273 g/mol. The van der Waals surface area contributed by atoms with Crippen LogP contribution < -0.4 is 0 Å². The van der Waals surface area contributed by atoms with Gasteiger partial charge in [-0.25, -0.2) is 0 Å². The van der Waals surface area contributed by atoms with Crippen LogP contribution in [0.2, 0.25) is 0 Å². The van der Waals surface area contributed by atoms with Crippen LogP contribution in [-0.4, -0.2) is 31.8 Å². The van der Waals surface area contributed by atoms with Crippen molar-refractivity contribution in [3.63, 3.8) is 0 Å². The molecular weight excluding hydrogens is 262 g/mol. The number of fused-ring (bicyclic) bond motifs is 1. The van der Waals surface area contributed by atoms with Gasteiger partial charge in [0.2, 0.25) is 0 Å². The zero-order valence-electron chi connectivity index (χ0n) is 9.07. The maximum Gasteiger partial charge on any atom is 0.362 e. The molecule has 2 aromatic heterocycles. The monoisotopic (exact) mass is 273 g/mol. The van der Waals surface area contributed by atoms with Gasteiger partial charge in [0.1, 0.15) is 6.20 Å². The molecule has 1 N–H and O–H groups in total. The second-order valence-electron chi connectivity index (χ2n) is 3.65. The summed E-state index contributed by atoms with van der Waals surface area (Å²) >= 11 is 2.68. The van der Waals surface area contributed by atoms with E-state index in [1.165, 1.54) is 27.5 Å². The Morgan fingerprint density at radius 3 is 3.18 bits per heavy atom. The van der Waals surface area contributed by atoms with E-state index in [1.807, 2.05) is 6.92 Å². The summed E-state index contributed by atoms with van der Waals surface area (Å²) in [5, 5.41) is 22.1. The largest absolute Gasteiger partial charge is 0.396 e. The summed E-state index contributed by atoms with van der Waals surface area (Å²) in [6.45, 7) is 1.96. The van der Waals surface area contributed by atoms with Crippen molar-refractivity contribution in [3.8, 4) is 0 Å². The van der Waals surface area contributed by atoms with Crippen molar-refractivity contribution < 1.29 is 10.0 Å².